The van der Waals surface area contributed by atoms with Crippen LogP contribution in [0.3, 0.4) is 0 Å². The van der Waals surface area contributed by atoms with Gasteiger partial charge in [0.15, 0.2) is 0 Å². The van der Waals surface area contributed by atoms with Gasteiger partial charge in [-0.3, -0.25) is 9.59 Å². The minimum Gasteiger partial charge on any atom is -0.353 e. The summed E-state index contributed by atoms with van der Waals surface area (Å²) in [7, 11) is 0. The van der Waals surface area contributed by atoms with E-state index < -0.39 is 0 Å². The standard InChI is InChI=1S/C16H20N2O2/c1-11(12-5-3-2-4-6-12)18-10-13(9-15(18)19)16(20)17-14-7-8-14/h2-6,11,13-14H,7-10H2,1H3,(H,17,20)/t11-,13-/m1/s1. The number of hydrogen-bond acceptors (Lipinski definition) is 2. The van der Waals surface area contributed by atoms with Crippen LogP contribution in [0.2, 0.25) is 0 Å². The Kier molecular flexibility index (Phi) is 3.47. The predicted molar refractivity (Wildman–Crippen MR) is 75.8 cm³/mol. The predicted octanol–water partition coefficient (Wildman–Crippen LogP) is 1.87. The smallest absolute Gasteiger partial charge is 0.225 e. The molecule has 20 heavy (non-hydrogen) atoms. The van der Waals surface area contributed by atoms with Gasteiger partial charge in [0.25, 0.3) is 0 Å². The highest BCUT2D eigenvalue weighted by molar-refractivity contribution is 5.89. The summed E-state index contributed by atoms with van der Waals surface area (Å²) in [5.74, 6) is -0.0600. The molecule has 1 aromatic rings. The van der Waals surface area contributed by atoms with Gasteiger partial charge in [-0.25, -0.2) is 0 Å². The molecule has 2 fully saturated rings. The molecule has 1 N–H and O–H groups in total. The maximum Gasteiger partial charge on any atom is 0.225 e. The lowest BCUT2D eigenvalue weighted by molar-refractivity contribution is -0.130. The van der Waals surface area contributed by atoms with Crippen molar-refractivity contribution in [2.75, 3.05) is 6.54 Å². The fraction of sp³-hybridized carbons (Fsp3) is 0.500. The molecule has 1 saturated heterocycles. The summed E-state index contributed by atoms with van der Waals surface area (Å²) in [6.07, 6.45) is 2.50. The Morgan fingerprint density at radius 1 is 1.30 bits per heavy atom. The normalized spacial score (nSPS) is 23.8. The fourth-order valence-electron chi connectivity index (χ4n) is 2.74. The molecule has 3 rings (SSSR count). The Labute approximate surface area is 119 Å². The number of nitrogens with zero attached hydrogens (tertiary/aromatic N) is 1. The number of nitrogens with one attached hydrogen (secondary N) is 1. The average Bonchev–Trinajstić information content (AvgIpc) is 3.19. The van der Waals surface area contributed by atoms with Crippen molar-refractivity contribution < 1.29 is 9.59 Å². The fourth-order valence-corrected chi connectivity index (χ4v) is 2.74. The number of carbonyl (C=O) groups excluding carboxylic acids is 2. The van der Waals surface area contributed by atoms with E-state index >= 15 is 0 Å². The lowest BCUT2D eigenvalue weighted by Crippen LogP contribution is -2.34. The highest BCUT2D eigenvalue weighted by atomic mass is 16.2. The molecule has 1 heterocycles. The minimum atomic E-state index is -0.186. The number of likely N-dealkylation sites (tertiary alicyclic amines) is 1. The number of amides is 2. The van der Waals surface area contributed by atoms with Crippen molar-refractivity contribution in [1.29, 1.82) is 0 Å². The molecular formula is C16H20N2O2. The Morgan fingerprint density at radius 2 is 2.00 bits per heavy atom. The van der Waals surface area contributed by atoms with Gasteiger partial charge >= 0.3 is 0 Å². The van der Waals surface area contributed by atoms with Crippen molar-refractivity contribution in [1.82, 2.24) is 10.2 Å². The highest BCUT2D eigenvalue weighted by Gasteiger charge is 2.38. The summed E-state index contributed by atoms with van der Waals surface area (Å²) < 4.78 is 0. The largest absolute Gasteiger partial charge is 0.353 e. The van der Waals surface area contributed by atoms with Gasteiger partial charge in [-0.15, -0.1) is 0 Å². The van der Waals surface area contributed by atoms with Crippen LogP contribution < -0.4 is 5.32 Å². The van der Waals surface area contributed by atoms with Gasteiger partial charge in [0, 0.05) is 19.0 Å². The lowest BCUT2D eigenvalue weighted by atomic mass is 10.1. The third kappa shape index (κ3) is 2.69. The molecule has 1 aromatic carbocycles. The number of hydrogen-bond donors (Lipinski definition) is 1. The van der Waals surface area contributed by atoms with Crippen LogP contribution in [0.4, 0.5) is 0 Å². The first-order chi connectivity index (χ1) is 9.65. The quantitative estimate of drug-likeness (QED) is 0.909. The molecule has 0 aromatic heterocycles. The minimum absolute atomic E-state index is 0.0300. The molecule has 1 aliphatic heterocycles. The second-order valence-electron chi connectivity index (χ2n) is 5.82. The van der Waals surface area contributed by atoms with E-state index in [1.54, 1.807) is 0 Å². The molecule has 0 unspecified atom stereocenters. The zero-order valence-corrected chi connectivity index (χ0v) is 11.7. The summed E-state index contributed by atoms with van der Waals surface area (Å²) in [5.41, 5.74) is 1.11. The van der Waals surface area contributed by atoms with Gasteiger partial charge < -0.3 is 10.2 Å². The van der Waals surface area contributed by atoms with Gasteiger partial charge in [-0.1, -0.05) is 30.3 Å². The summed E-state index contributed by atoms with van der Waals surface area (Å²) in [6, 6.07) is 10.4. The zero-order chi connectivity index (χ0) is 14.1. The molecular weight excluding hydrogens is 252 g/mol. The molecule has 1 saturated carbocycles. The summed E-state index contributed by atoms with van der Waals surface area (Å²) in [6.45, 7) is 2.56. The maximum absolute atomic E-state index is 12.2. The first-order valence-corrected chi connectivity index (χ1v) is 7.30. The van der Waals surface area contributed by atoms with Crippen LogP contribution in [0.25, 0.3) is 0 Å². The molecule has 1 aliphatic carbocycles. The molecule has 106 valence electrons. The molecule has 2 amide bonds. The molecule has 2 atom stereocenters. The molecule has 0 radical (unpaired) electrons. The summed E-state index contributed by atoms with van der Waals surface area (Å²) >= 11 is 0. The van der Waals surface area contributed by atoms with Crippen molar-refractivity contribution >= 4 is 11.8 Å². The van der Waals surface area contributed by atoms with Gasteiger partial charge in [0.2, 0.25) is 11.8 Å². The molecule has 4 nitrogen and oxygen atoms in total. The van der Waals surface area contributed by atoms with Crippen molar-refractivity contribution in [2.45, 2.75) is 38.3 Å². The Balaban J connectivity index is 1.65. The van der Waals surface area contributed by atoms with E-state index in [-0.39, 0.29) is 23.8 Å². The van der Waals surface area contributed by atoms with Crippen LogP contribution in [-0.2, 0) is 9.59 Å². The monoisotopic (exact) mass is 272 g/mol. The second kappa shape index (κ2) is 5.27. The SMILES string of the molecule is C[C@H](c1ccccc1)N1C[C@H](C(=O)NC2CC2)CC1=O. The third-order valence-electron chi connectivity index (χ3n) is 4.20. The van der Waals surface area contributed by atoms with E-state index in [9.17, 15) is 9.59 Å². The van der Waals surface area contributed by atoms with E-state index in [4.69, 9.17) is 0 Å². The van der Waals surface area contributed by atoms with Crippen LogP contribution in [0.15, 0.2) is 30.3 Å². The topological polar surface area (TPSA) is 49.4 Å². The molecule has 2 aliphatic rings. The lowest BCUT2D eigenvalue weighted by Gasteiger charge is -2.25. The van der Waals surface area contributed by atoms with E-state index in [0.29, 0.717) is 19.0 Å². The van der Waals surface area contributed by atoms with E-state index in [1.165, 1.54) is 0 Å². The van der Waals surface area contributed by atoms with Crippen molar-refractivity contribution in [3.63, 3.8) is 0 Å². The van der Waals surface area contributed by atoms with E-state index in [2.05, 4.69) is 5.32 Å². The van der Waals surface area contributed by atoms with Crippen molar-refractivity contribution in [3.05, 3.63) is 35.9 Å². The maximum atomic E-state index is 12.2. The van der Waals surface area contributed by atoms with Gasteiger partial charge in [-0.2, -0.15) is 0 Å². The summed E-state index contributed by atoms with van der Waals surface area (Å²) in [4.78, 5) is 26.0. The van der Waals surface area contributed by atoms with Gasteiger partial charge in [0.1, 0.15) is 0 Å². The van der Waals surface area contributed by atoms with Gasteiger partial charge in [0.05, 0.1) is 12.0 Å². The second-order valence-corrected chi connectivity index (χ2v) is 5.82. The van der Waals surface area contributed by atoms with E-state index in [1.807, 2.05) is 42.2 Å². The Hall–Kier alpha value is -1.84. The van der Waals surface area contributed by atoms with Crippen molar-refractivity contribution in [3.8, 4) is 0 Å². The van der Waals surface area contributed by atoms with E-state index in [0.717, 1.165) is 18.4 Å². The molecule has 0 bridgehead atoms. The van der Waals surface area contributed by atoms with Crippen LogP contribution in [0, 0.1) is 5.92 Å². The average molecular weight is 272 g/mol. The van der Waals surface area contributed by atoms with Gasteiger partial charge in [-0.05, 0) is 25.3 Å². The van der Waals surface area contributed by atoms with Crippen LogP contribution in [0.1, 0.15) is 37.8 Å². The molecule has 4 heteroatoms. The molecule has 0 spiro atoms. The number of carbonyl (C=O) groups is 2. The number of benzene rings is 1. The third-order valence-corrected chi connectivity index (χ3v) is 4.20. The van der Waals surface area contributed by atoms with Crippen LogP contribution in [0.5, 0.6) is 0 Å². The Morgan fingerprint density at radius 3 is 2.65 bits per heavy atom. The first-order valence-electron chi connectivity index (χ1n) is 7.30. The van der Waals surface area contributed by atoms with Crippen LogP contribution in [-0.4, -0.2) is 29.3 Å². The zero-order valence-electron chi connectivity index (χ0n) is 11.7. The highest BCUT2D eigenvalue weighted by Crippen LogP contribution is 2.29. The van der Waals surface area contributed by atoms with Crippen LogP contribution >= 0.6 is 0 Å². The van der Waals surface area contributed by atoms with Crippen molar-refractivity contribution in [2.24, 2.45) is 5.92 Å². The number of rotatable bonds is 4. The Bertz CT molecular complexity index is 510. The first kappa shape index (κ1) is 13.2. The summed E-state index contributed by atoms with van der Waals surface area (Å²) in [5, 5.41) is 3.00.